The van der Waals surface area contributed by atoms with E-state index in [2.05, 4.69) is 17.7 Å². The SMILES string of the molecule is CCCCCCC1CCC(c2ccc3c(F)c(CCc4cc(F)c(OCC(F)(F)F)c(F)c4)ccc3c2)CC1. The van der Waals surface area contributed by atoms with E-state index in [0.29, 0.717) is 16.9 Å². The van der Waals surface area contributed by atoms with Crippen LogP contribution in [-0.4, -0.2) is 12.8 Å². The molecule has 0 heterocycles. The molecule has 3 aromatic rings. The molecule has 0 aromatic heterocycles. The van der Waals surface area contributed by atoms with Gasteiger partial charge in [-0.05, 0) is 84.6 Å². The van der Waals surface area contributed by atoms with E-state index in [1.165, 1.54) is 50.5 Å². The van der Waals surface area contributed by atoms with Crippen molar-refractivity contribution in [2.45, 2.75) is 89.6 Å². The lowest BCUT2D eigenvalue weighted by Gasteiger charge is -2.29. The Labute approximate surface area is 226 Å². The summed E-state index contributed by atoms with van der Waals surface area (Å²) in [5.74, 6) is -2.54. The molecule has 0 bridgehead atoms. The van der Waals surface area contributed by atoms with E-state index in [-0.39, 0.29) is 24.2 Å². The van der Waals surface area contributed by atoms with Crippen LogP contribution in [0, 0.1) is 23.4 Å². The quantitative estimate of drug-likeness (QED) is 0.170. The minimum absolute atomic E-state index is 0.121. The van der Waals surface area contributed by atoms with Gasteiger partial charge in [0.15, 0.2) is 24.0 Å². The van der Waals surface area contributed by atoms with Crippen molar-refractivity contribution in [3.05, 3.63) is 76.6 Å². The molecule has 39 heavy (non-hydrogen) atoms. The maximum Gasteiger partial charge on any atom is 0.422 e. The fraction of sp³-hybridized carbons (Fsp3) is 0.500. The first-order valence-corrected chi connectivity index (χ1v) is 14.0. The summed E-state index contributed by atoms with van der Waals surface area (Å²) < 4.78 is 84.9. The van der Waals surface area contributed by atoms with Gasteiger partial charge in [-0.3, -0.25) is 0 Å². The Balaban J connectivity index is 1.37. The average molecular weight is 551 g/mol. The third kappa shape index (κ3) is 7.92. The Kier molecular flexibility index (Phi) is 9.84. The fourth-order valence-electron chi connectivity index (χ4n) is 5.77. The maximum absolute atomic E-state index is 15.3. The normalized spacial score (nSPS) is 18.0. The number of fused-ring (bicyclic) bond motifs is 1. The van der Waals surface area contributed by atoms with Gasteiger partial charge in [0.2, 0.25) is 0 Å². The zero-order valence-electron chi connectivity index (χ0n) is 22.4. The smallest absolute Gasteiger partial charge is 0.422 e. The van der Waals surface area contributed by atoms with Crippen LogP contribution in [0.15, 0.2) is 42.5 Å². The molecule has 0 radical (unpaired) electrons. The Morgan fingerprint density at radius 1 is 0.821 bits per heavy atom. The summed E-state index contributed by atoms with van der Waals surface area (Å²) in [6.45, 7) is 0.447. The van der Waals surface area contributed by atoms with Crippen LogP contribution < -0.4 is 4.74 Å². The van der Waals surface area contributed by atoms with E-state index < -0.39 is 30.2 Å². The highest BCUT2D eigenvalue weighted by Crippen LogP contribution is 2.39. The highest BCUT2D eigenvalue weighted by Gasteiger charge is 2.30. The molecule has 1 saturated carbocycles. The Morgan fingerprint density at radius 3 is 2.21 bits per heavy atom. The second kappa shape index (κ2) is 13.1. The number of benzene rings is 3. The molecule has 0 aliphatic heterocycles. The Morgan fingerprint density at radius 2 is 1.54 bits per heavy atom. The summed E-state index contributed by atoms with van der Waals surface area (Å²) in [5, 5.41) is 1.34. The van der Waals surface area contributed by atoms with E-state index >= 15 is 4.39 Å². The standard InChI is InChI=1S/C32H36F6O/c1-2-3-4-5-6-21-7-10-23(11-8-21)25-15-16-27-26(19-25)14-13-24(30(27)35)12-9-22-17-28(33)31(29(34)18-22)39-20-32(36,37)38/h13-19,21,23H,2-12,20H2,1H3. The lowest BCUT2D eigenvalue weighted by atomic mass is 9.76. The molecule has 1 fully saturated rings. The number of ether oxygens (including phenoxy) is 1. The summed E-state index contributed by atoms with van der Waals surface area (Å²) >= 11 is 0. The molecule has 0 N–H and O–H groups in total. The second-order valence-corrected chi connectivity index (χ2v) is 10.9. The Bertz CT molecular complexity index is 1220. The lowest BCUT2D eigenvalue weighted by Crippen LogP contribution is -2.20. The Hall–Kier alpha value is -2.70. The number of rotatable bonds is 11. The van der Waals surface area contributed by atoms with Crippen molar-refractivity contribution in [3.63, 3.8) is 0 Å². The molecule has 3 aromatic carbocycles. The molecule has 1 nitrogen and oxygen atoms in total. The maximum atomic E-state index is 15.3. The van der Waals surface area contributed by atoms with Crippen molar-refractivity contribution in [1.29, 1.82) is 0 Å². The molecule has 0 saturated heterocycles. The van der Waals surface area contributed by atoms with Crippen LogP contribution in [0.5, 0.6) is 5.75 Å². The van der Waals surface area contributed by atoms with Crippen molar-refractivity contribution < 1.29 is 31.1 Å². The zero-order chi connectivity index (χ0) is 28.0. The van der Waals surface area contributed by atoms with Crippen LogP contribution in [0.4, 0.5) is 26.3 Å². The van der Waals surface area contributed by atoms with Crippen LogP contribution in [0.25, 0.3) is 10.8 Å². The summed E-state index contributed by atoms with van der Waals surface area (Å²) in [7, 11) is 0. The van der Waals surface area contributed by atoms with E-state index in [4.69, 9.17) is 0 Å². The third-order valence-corrected chi connectivity index (χ3v) is 7.96. The fourth-order valence-corrected chi connectivity index (χ4v) is 5.77. The molecular formula is C32H36F6O. The van der Waals surface area contributed by atoms with Crippen LogP contribution in [0.1, 0.15) is 87.3 Å². The average Bonchev–Trinajstić information content (AvgIpc) is 2.90. The second-order valence-electron chi connectivity index (χ2n) is 10.9. The van der Waals surface area contributed by atoms with E-state index in [1.807, 2.05) is 18.2 Å². The molecule has 4 rings (SSSR count). The minimum Gasteiger partial charge on any atom is -0.478 e. The first kappa shape index (κ1) is 29.3. The molecule has 1 aliphatic carbocycles. The summed E-state index contributed by atoms with van der Waals surface area (Å²) in [5.41, 5.74) is 1.87. The molecular weight excluding hydrogens is 514 g/mol. The zero-order valence-corrected chi connectivity index (χ0v) is 22.4. The van der Waals surface area contributed by atoms with Crippen LogP contribution in [0.3, 0.4) is 0 Å². The largest absolute Gasteiger partial charge is 0.478 e. The van der Waals surface area contributed by atoms with Gasteiger partial charge in [0, 0.05) is 5.39 Å². The summed E-state index contributed by atoms with van der Waals surface area (Å²) in [4.78, 5) is 0. The number of unbranched alkanes of at least 4 members (excludes halogenated alkanes) is 3. The molecule has 0 spiro atoms. The van der Waals surface area contributed by atoms with Crippen LogP contribution >= 0.6 is 0 Å². The van der Waals surface area contributed by atoms with Crippen molar-refractivity contribution in [2.24, 2.45) is 5.92 Å². The molecule has 212 valence electrons. The molecule has 0 amide bonds. The molecule has 0 atom stereocenters. The van der Waals surface area contributed by atoms with Crippen molar-refractivity contribution in [1.82, 2.24) is 0 Å². The van der Waals surface area contributed by atoms with E-state index in [1.54, 1.807) is 6.07 Å². The monoisotopic (exact) mass is 550 g/mol. The van der Waals surface area contributed by atoms with Gasteiger partial charge in [0.25, 0.3) is 0 Å². The predicted octanol–water partition coefficient (Wildman–Crippen LogP) is 10.2. The first-order valence-electron chi connectivity index (χ1n) is 14.0. The van der Waals surface area contributed by atoms with Crippen molar-refractivity contribution in [3.8, 4) is 5.75 Å². The topological polar surface area (TPSA) is 9.23 Å². The van der Waals surface area contributed by atoms with Crippen molar-refractivity contribution >= 4 is 10.8 Å². The predicted molar refractivity (Wildman–Crippen MR) is 143 cm³/mol. The minimum atomic E-state index is -4.71. The van der Waals surface area contributed by atoms with Gasteiger partial charge in [-0.15, -0.1) is 0 Å². The van der Waals surface area contributed by atoms with E-state index in [9.17, 15) is 22.0 Å². The molecule has 7 heteroatoms. The van der Waals surface area contributed by atoms with Gasteiger partial charge in [-0.1, -0.05) is 69.4 Å². The third-order valence-electron chi connectivity index (χ3n) is 7.96. The highest BCUT2D eigenvalue weighted by molar-refractivity contribution is 5.84. The van der Waals surface area contributed by atoms with E-state index in [0.717, 1.165) is 36.3 Å². The van der Waals surface area contributed by atoms with Gasteiger partial charge in [-0.2, -0.15) is 13.2 Å². The number of aryl methyl sites for hydroxylation is 2. The van der Waals surface area contributed by atoms with Crippen LogP contribution in [0.2, 0.25) is 0 Å². The van der Waals surface area contributed by atoms with Gasteiger partial charge >= 0.3 is 6.18 Å². The van der Waals surface area contributed by atoms with Gasteiger partial charge in [-0.25, -0.2) is 13.2 Å². The molecule has 0 unspecified atom stereocenters. The molecule has 1 aliphatic rings. The number of halogens is 6. The number of hydrogen-bond donors (Lipinski definition) is 0. The number of alkyl halides is 3. The lowest BCUT2D eigenvalue weighted by molar-refractivity contribution is -0.154. The van der Waals surface area contributed by atoms with Gasteiger partial charge < -0.3 is 4.74 Å². The highest BCUT2D eigenvalue weighted by atomic mass is 19.4. The van der Waals surface area contributed by atoms with Gasteiger partial charge in [0.05, 0.1) is 0 Å². The summed E-state index contributed by atoms with van der Waals surface area (Å²) in [6, 6.07) is 11.4. The number of hydrogen-bond acceptors (Lipinski definition) is 1. The van der Waals surface area contributed by atoms with Crippen LogP contribution in [-0.2, 0) is 12.8 Å². The summed E-state index contributed by atoms with van der Waals surface area (Å²) in [6.07, 6.45) is 6.99. The first-order chi connectivity index (χ1) is 18.6. The van der Waals surface area contributed by atoms with Crippen molar-refractivity contribution in [2.75, 3.05) is 6.61 Å². The van der Waals surface area contributed by atoms with Gasteiger partial charge in [0.1, 0.15) is 5.82 Å².